The molecule has 130 valence electrons. The lowest BCUT2D eigenvalue weighted by molar-refractivity contribution is -0.140. The van der Waals surface area contributed by atoms with Crippen molar-refractivity contribution in [1.29, 1.82) is 0 Å². The van der Waals surface area contributed by atoms with Crippen molar-refractivity contribution >= 4 is 11.9 Å². The van der Waals surface area contributed by atoms with Crippen LogP contribution in [0.25, 0.3) is 0 Å². The zero-order valence-electron chi connectivity index (χ0n) is 14.5. The molecule has 0 spiro atoms. The number of amides is 1. The zero-order chi connectivity index (χ0) is 17.8. The topological polar surface area (TPSA) is 46.6 Å². The Hall–Kier alpha value is -2.36. The predicted octanol–water partition coefficient (Wildman–Crippen LogP) is 3.53. The first-order valence-corrected chi connectivity index (χ1v) is 8.27. The van der Waals surface area contributed by atoms with Gasteiger partial charge in [-0.2, -0.15) is 0 Å². The number of carbonyl (C=O) groups is 2. The van der Waals surface area contributed by atoms with Gasteiger partial charge >= 0.3 is 5.97 Å². The summed E-state index contributed by atoms with van der Waals surface area (Å²) in [6.45, 7) is 8.83. The molecule has 0 saturated carbocycles. The maximum Gasteiger partial charge on any atom is 0.305 e. The number of benzene rings is 1. The first-order valence-electron chi connectivity index (χ1n) is 8.27. The Morgan fingerprint density at radius 2 is 1.88 bits per heavy atom. The molecule has 0 bridgehead atoms. The summed E-state index contributed by atoms with van der Waals surface area (Å²) >= 11 is 0. The Bertz CT molecular complexity index is 551. The molecular weight excluding hydrogens is 302 g/mol. The summed E-state index contributed by atoms with van der Waals surface area (Å²) in [6.07, 6.45) is 4.86. The van der Waals surface area contributed by atoms with Crippen molar-refractivity contribution in [2.45, 2.75) is 32.1 Å². The number of methoxy groups -OCH3 is 1. The number of ether oxygens (including phenoxy) is 1. The molecule has 0 heterocycles. The highest BCUT2D eigenvalue weighted by Gasteiger charge is 2.17. The molecule has 0 aliphatic rings. The fraction of sp³-hybridized carbons (Fsp3) is 0.400. The van der Waals surface area contributed by atoms with E-state index in [0.717, 1.165) is 19.3 Å². The zero-order valence-corrected chi connectivity index (χ0v) is 14.5. The van der Waals surface area contributed by atoms with Gasteiger partial charge in [0.05, 0.1) is 7.11 Å². The van der Waals surface area contributed by atoms with E-state index < -0.39 is 0 Å². The second kappa shape index (κ2) is 11.2. The summed E-state index contributed by atoms with van der Waals surface area (Å²) in [6, 6.07) is 10.2. The average molecular weight is 329 g/mol. The van der Waals surface area contributed by atoms with Gasteiger partial charge in [-0.3, -0.25) is 9.59 Å². The van der Waals surface area contributed by atoms with Gasteiger partial charge in [-0.25, -0.2) is 0 Å². The van der Waals surface area contributed by atoms with Crippen molar-refractivity contribution < 1.29 is 14.3 Å². The maximum atomic E-state index is 12.5. The maximum absolute atomic E-state index is 12.5. The summed E-state index contributed by atoms with van der Waals surface area (Å²) in [5.74, 6) is -0.417. The second-order valence-electron chi connectivity index (χ2n) is 5.64. The second-order valence-corrected chi connectivity index (χ2v) is 5.64. The minimum Gasteiger partial charge on any atom is -0.469 e. The van der Waals surface area contributed by atoms with Crippen LogP contribution in [-0.4, -0.2) is 37.0 Å². The van der Waals surface area contributed by atoms with Crippen molar-refractivity contribution in [2.24, 2.45) is 0 Å². The number of hydrogen-bond donors (Lipinski definition) is 0. The number of aryl methyl sites for hydroxylation is 1. The Morgan fingerprint density at radius 3 is 2.50 bits per heavy atom. The molecule has 0 unspecified atom stereocenters. The van der Waals surface area contributed by atoms with Gasteiger partial charge in [0.15, 0.2) is 0 Å². The number of hydrogen-bond acceptors (Lipinski definition) is 3. The summed E-state index contributed by atoms with van der Waals surface area (Å²) < 4.78 is 4.60. The first kappa shape index (κ1) is 19.7. The van der Waals surface area contributed by atoms with Crippen molar-refractivity contribution in [1.82, 2.24) is 4.90 Å². The van der Waals surface area contributed by atoms with Gasteiger partial charge in [0, 0.05) is 25.1 Å². The monoisotopic (exact) mass is 329 g/mol. The van der Waals surface area contributed by atoms with Crippen LogP contribution in [0.2, 0.25) is 0 Å². The van der Waals surface area contributed by atoms with E-state index in [1.165, 1.54) is 12.7 Å². The Balaban J connectivity index is 2.52. The first-order chi connectivity index (χ1) is 11.6. The third-order valence-corrected chi connectivity index (χ3v) is 3.79. The molecule has 0 saturated heterocycles. The smallest absolute Gasteiger partial charge is 0.305 e. The largest absolute Gasteiger partial charge is 0.469 e. The molecule has 0 fully saturated rings. The van der Waals surface area contributed by atoms with E-state index in [9.17, 15) is 9.59 Å². The highest BCUT2D eigenvalue weighted by atomic mass is 16.5. The van der Waals surface area contributed by atoms with Crippen LogP contribution in [0.1, 0.15) is 31.2 Å². The standard InChI is InChI=1S/C20H27NO3/c1-4-5-15-21(16-9-12-18-10-7-6-8-11-18)20(23)17(2)13-14-19(22)24-3/h4,6-8,10-11H,1-2,5,9,12-16H2,3H3. The molecule has 0 atom stereocenters. The Morgan fingerprint density at radius 1 is 1.17 bits per heavy atom. The SMILES string of the molecule is C=CCCN(CCCc1ccccc1)C(=O)C(=C)CCC(=O)OC. The van der Waals surface area contributed by atoms with Gasteiger partial charge in [-0.05, 0) is 31.2 Å². The Kier molecular flexibility index (Phi) is 9.20. The van der Waals surface area contributed by atoms with Gasteiger partial charge in [0.1, 0.15) is 0 Å². The van der Waals surface area contributed by atoms with E-state index in [0.29, 0.717) is 25.1 Å². The molecule has 1 aromatic carbocycles. The van der Waals surface area contributed by atoms with Crippen LogP contribution in [-0.2, 0) is 20.7 Å². The van der Waals surface area contributed by atoms with Crippen molar-refractivity contribution in [3.63, 3.8) is 0 Å². The van der Waals surface area contributed by atoms with E-state index in [-0.39, 0.29) is 18.3 Å². The summed E-state index contributed by atoms with van der Waals surface area (Å²) in [5, 5.41) is 0. The summed E-state index contributed by atoms with van der Waals surface area (Å²) in [4.78, 5) is 25.5. The number of carbonyl (C=O) groups excluding carboxylic acids is 2. The van der Waals surface area contributed by atoms with Gasteiger partial charge in [-0.1, -0.05) is 43.0 Å². The molecular formula is C20H27NO3. The lowest BCUT2D eigenvalue weighted by atomic mass is 10.1. The molecule has 0 radical (unpaired) electrons. The van der Waals surface area contributed by atoms with E-state index in [2.05, 4.69) is 30.0 Å². The molecule has 0 N–H and O–H groups in total. The molecule has 24 heavy (non-hydrogen) atoms. The van der Waals surface area contributed by atoms with E-state index >= 15 is 0 Å². The molecule has 1 aromatic rings. The number of nitrogens with zero attached hydrogens (tertiary/aromatic N) is 1. The van der Waals surface area contributed by atoms with E-state index in [4.69, 9.17) is 0 Å². The minimum atomic E-state index is -0.328. The van der Waals surface area contributed by atoms with Crippen LogP contribution in [0.4, 0.5) is 0 Å². The van der Waals surface area contributed by atoms with Crippen molar-refractivity contribution in [3.8, 4) is 0 Å². The normalized spacial score (nSPS) is 10.0. The highest BCUT2D eigenvalue weighted by molar-refractivity contribution is 5.93. The van der Waals surface area contributed by atoms with Gasteiger partial charge in [0.2, 0.25) is 5.91 Å². The average Bonchev–Trinajstić information content (AvgIpc) is 2.62. The van der Waals surface area contributed by atoms with Crippen LogP contribution < -0.4 is 0 Å². The quantitative estimate of drug-likeness (QED) is 0.354. The molecule has 1 amide bonds. The van der Waals surface area contributed by atoms with E-state index in [1.807, 2.05) is 18.2 Å². The lowest BCUT2D eigenvalue weighted by Crippen LogP contribution is -2.34. The van der Waals surface area contributed by atoms with Crippen LogP contribution in [0, 0.1) is 0 Å². The van der Waals surface area contributed by atoms with Gasteiger partial charge < -0.3 is 9.64 Å². The van der Waals surface area contributed by atoms with Crippen LogP contribution in [0.15, 0.2) is 55.1 Å². The fourth-order valence-electron chi connectivity index (χ4n) is 2.37. The van der Waals surface area contributed by atoms with Gasteiger partial charge in [-0.15, -0.1) is 6.58 Å². The molecule has 1 rings (SSSR count). The summed E-state index contributed by atoms with van der Waals surface area (Å²) in [5.41, 5.74) is 1.71. The molecule has 4 nitrogen and oxygen atoms in total. The third-order valence-electron chi connectivity index (χ3n) is 3.79. The fourth-order valence-corrected chi connectivity index (χ4v) is 2.37. The van der Waals surface area contributed by atoms with E-state index in [1.54, 1.807) is 11.0 Å². The number of esters is 1. The number of rotatable bonds is 11. The molecule has 0 aromatic heterocycles. The highest BCUT2D eigenvalue weighted by Crippen LogP contribution is 2.11. The van der Waals surface area contributed by atoms with Crippen LogP contribution in [0.5, 0.6) is 0 Å². The predicted molar refractivity (Wildman–Crippen MR) is 96.5 cm³/mol. The molecule has 0 aliphatic heterocycles. The van der Waals surface area contributed by atoms with Crippen molar-refractivity contribution in [2.75, 3.05) is 20.2 Å². The summed E-state index contributed by atoms with van der Waals surface area (Å²) in [7, 11) is 1.34. The third kappa shape index (κ3) is 7.27. The Labute approximate surface area is 144 Å². The van der Waals surface area contributed by atoms with Crippen LogP contribution >= 0.6 is 0 Å². The van der Waals surface area contributed by atoms with Crippen molar-refractivity contribution in [3.05, 3.63) is 60.7 Å². The van der Waals surface area contributed by atoms with Crippen LogP contribution in [0.3, 0.4) is 0 Å². The van der Waals surface area contributed by atoms with Gasteiger partial charge in [0.25, 0.3) is 0 Å². The molecule has 4 heteroatoms. The minimum absolute atomic E-state index is 0.0891. The molecule has 0 aliphatic carbocycles. The lowest BCUT2D eigenvalue weighted by Gasteiger charge is -2.23.